The van der Waals surface area contributed by atoms with Gasteiger partial charge in [-0.25, -0.2) is 0 Å². The summed E-state index contributed by atoms with van der Waals surface area (Å²) < 4.78 is 5.60. The molecule has 2 aromatic carbocycles. The first-order chi connectivity index (χ1) is 12.6. The summed E-state index contributed by atoms with van der Waals surface area (Å²) in [4.78, 5) is 35.8. The van der Waals surface area contributed by atoms with Gasteiger partial charge in [0.1, 0.15) is 5.75 Å². The van der Waals surface area contributed by atoms with Crippen molar-refractivity contribution in [3.05, 3.63) is 59.2 Å². The van der Waals surface area contributed by atoms with Gasteiger partial charge in [0.25, 0.3) is 11.8 Å². The molecule has 0 aromatic heterocycles. The molecule has 3 amide bonds. The Balaban J connectivity index is 2.26. The third-order valence-electron chi connectivity index (χ3n) is 4.25. The van der Waals surface area contributed by atoms with E-state index < -0.39 is 23.1 Å². The van der Waals surface area contributed by atoms with E-state index >= 15 is 0 Å². The number of carbonyl (C=O) groups excluding carboxylic acids is 3. The van der Waals surface area contributed by atoms with E-state index in [1.54, 1.807) is 38.1 Å². The molecular weight excluding hydrogens is 346 g/mol. The lowest BCUT2D eigenvalue weighted by Crippen LogP contribution is -2.36. The minimum atomic E-state index is -1.12. The number of carbonyl (C=O) groups is 3. The Morgan fingerprint density at radius 2 is 1.67 bits per heavy atom. The van der Waals surface area contributed by atoms with E-state index in [0.717, 1.165) is 5.56 Å². The topological polar surface area (TPSA) is 125 Å². The average molecular weight is 369 g/mol. The molecule has 0 atom stereocenters. The molecule has 0 radical (unpaired) electrons. The maximum absolute atomic E-state index is 12.2. The number of primary amides is 2. The second-order valence-corrected chi connectivity index (χ2v) is 6.74. The molecule has 0 aliphatic rings. The second-order valence-electron chi connectivity index (χ2n) is 6.74. The van der Waals surface area contributed by atoms with Crippen molar-refractivity contribution in [3.63, 3.8) is 0 Å². The molecule has 0 saturated carbocycles. The third kappa shape index (κ3) is 4.63. The van der Waals surface area contributed by atoms with Crippen LogP contribution in [0.2, 0.25) is 0 Å². The molecule has 2 aromatic rings. The standard InChI is InChI=1S/C20H23N3O4/c1-12-7-9-13(10-8-12)23-16(24)11-27-17-14(18(21)25)5-4-6-15(17)20(2,3)19(22)26/h4-10H,11H2,1-3H3,(H2,21,25)(H2,22,26)(H,23,24). The number of hydrogen-bond donors (Lipinski definition) is 3. The molecule has 7 heteroatoms. The minimum absolute atomic E-state index is 0.0740. The van der Waals surface area contributed by atoms with Crippen LogP contribution in [0.25, 0.3) is 0 Å². The van der Waals surface area contributed by atoms with Gasteiger partial charge >= 0.3 is 0 Å². The fourth-order valence-corrected chi connectivity index (χ4v) is 2.48. The summed E-state index contributed by atoms with van der Waals surface area (Å²) in [5, 5.41) is 2.70. The largest absolute Gasteiger partial charge is 0.483 e. The molecule has 142 valence electrons. The van der Waals surface area contributed by atoms with Crippen LogP contribution in [0, 0.1) is 6.92 Å². The van der Waals surface area contributed by atoms with E-state index in [4.69, 9.17) is 16.2 Å². The third-order valence-corrected chi connectivity index (χ3v) is 4.25. The zero-order valence-electron chi connectivity index (χ0n) is 15.5. The lowest BCUT2D eigenvalue weighted by Gasteiger charge is -2.25. The van der Waals surface area contributed by atoms with Crippen LogP contribution in [-0.4, -0.2) is 24.3 Å². The first-order valence-electron chi connectivity index (χ1n) is 8.35. The van der Waals surface area contributed by atoms with Gasteiger partial charge in [0.2, 0.25) is 5.91 Å². The summed E-state index contributed by atoms with van der Waals surface area (Å²) in [6.45, 7) is 4.79. The number of nitrogens with one attached hydrogen (secondary N) is 1. The quantitative estimate of drug-likeness (QED) is 0.689. The summed E-state index contributed by atoms with van der Waals surface area (Å²) in [5.41, 5.74) is 11.9. The highest BCUT2D eigenvalue weighted by atomic mass is 16.5. The second kappa shape index (κ2) is 7.90. The van der Waals surface area contributed by atoms with Gasteiger partial charge < -0.3 is 21.5 Å². The number of rotatable bonds is 7. The maximum Gasteiger partial charge on any atom is 0.262 e. The van der Waals surface area contributed by atoms with Crippen molar-refractivity contribution in [1.29, 1.82) is 0 Å². The highest BCUT2D eigenvalue weighted by Gasteiger charge is 2.32. The Labute approximate surface area is 157 Å². The summed E-state index contributed by atoms with van der Waals surface area (Å²) >= 11 is 0. The van der Waals surface area contributed by atoms with Crippen molar-refractivity contribution in [3.8, 4) is 5.75 Å². The van der Waals surface area contributed by atoms with Gasteiger partial charge in [0.05, 0.1) is 11.0 Å². The Morgan fingerprint density at radius 1 is 1.04 bits per heavy atom. The van der Waals surface area contributed by atoms with E-state index in [0.29, 0.717) is 11.3 Å². The summed E-state index contributed by atoms with van der Waals surface area (Å²) in [5.74, 6) is -1.67. The summed E-state index contributed by atoms with van der Waals surface area (Å²) in [7, 11) is 0. The number of ether oxygens (including phenoxy) is 1. The average Bonchev–Trinajstić information content (AvgIpc) is 2.61. The van der Waals surface area contributed by atoms with E-state index in [2.05, 4.69) is 5.32 Å². The molecular formula is C20H23N3O4. The van der Waals surface area contributed by atoms with Gasteiger partial charge in [-0.15, -0.1) is 0 Å². The van der Waals surface area contributed by atoms with Crippen LogP contribution in [0.1, 0.15) is 35.3 Å². The Bertz CT molecular complexity index is 873. The molecule has 5 N–H and O–H groups in total. The predicted molar refractivity (Wildman–Crippen MR) is 102 cm³/mol. The summed E-state index contributed by atoms with van der Waals surface area (Å²) in [6.07, 6.45) is 0. The molecule has 0 aliphatic heterocycles. The van der Waals surface area contributed by atoms with Crippen molar-refractivity contribution in [1.82, 2.24) is 0 Å². The molecule has 0 aliphatic carbocycles. The Kier molecular flexibility index (Phi) is 5.85. The van der Waals surface area contributed by atoms with Crippen LogP contribution in [0.3, 0.4) is 0 Å². The zero-order chi connectivity index (χ0) is 20.2. The van der Waals surface area contributed by atoms with Gasteiger partial charge in [-0.05, 0) is 39.0 Å². The molecule has 0 heterocycles. The van der Waals surface area contributed by atoms with Crippen molar-refractivity contribution in [2.75, 3.05) is 11.9 Å². The first-order valence-corrected chi connectivity index (χ1v) is 8.35. The number of para-hydroxylation sites is 1. The molecule has 0 spiro atoms. The number of aryl methyl sites for hydroxylation is 1. The van der Waals surface area contributed by atoms with Crippen LogP contribution in [0.15, 0.2) is 42.5 Å². The highest BCUT2D eigenvalue weighted by molar-refractivity contribution is 5.98. The van der Waals surface area contributed by atoms with Crippen LogP contribution < -0.4 is 21.5 Å². The van der Waals surface area contributed by atoms with E-state index in [9.17, 15) is 14.4 Å². The minimum Gasteiger partial charge on any atom is -0.483 e. The fraction of sp³-hybridized carbons (Fsp3) is 0.250. The van der Waals surface area contributed by atoms with Gasteiger partial charge in [-0.2, -0.15) is 0 Å². The number of nitrogens with two attached hydrogens (primary N) is 2. The maximum atomic E-state index is 12.2. The van der Waals surface area contributed by atoms with Gasteiger partial charge in [-0.1, -0.05) is 29.8 Å². The van der Waals surface area contributed by atoms with E-state index in [-0.39, 0.29) is 17.9 Å². The summed E-state index contributed by atoms with van der Waals surface area (Å²) in [6, 6.07) is 11.9. The van der Waals surface area contributed by atoms with Crippen LogP contribution in [0.4, 0.5) is 5.69 Å². The van der Waals surface area contributed by atoms with Crippen molar-refractivity contribution in [2.45, 2.75) is 26.2 Å². The number of anilines is 1. The van der Waals surface area contributed by atoms with Crippen molar-refractivity contribution in [2.24, 2.45) is 11.5 Å². The van der Waals surface area contributed by atoms with Crippen LogP contribution >= 0.6 is 0 Å². The van der Waals surface area contributed by atoms with Crippen LogP contribution in [-0.2, 0) is 15.0 Å². The molecule has 27 heavy (non-hydrogen) atoms. The molecule has 0 bridgehead atoms. The number of benzene rings is 2. The molecule has 0 saturated heterocycles. The van der Waals surface area contributed by atoms with Crippen molar-refractivity contribution >= 4 is 23.4 Å². The Morgan fingerprint density at radius 3 is 2.22 bits per heavy atom. The SMILES string of the molecule is Cc1ccc(NC(=O)COc2c(C(N)=O)cccc2C(C)(C)C(N)=O)cc1. The zero-order valence-corrected chi connectivity index (χ0v) is 15.5. The Hall–Kier alpha value is -3.35. The highest BCUT2D eigenvalue weighted by Crippen LogP contribution is 2.34. The van der Waals surface area contributed by atoms with E-state index in [1.165, 1.54) is 6.07 Å². The molecule has 7 nitrogen and oxygen atoms in total. The lowest BCUT2D eigenvalue weighted by molar-refractivity contribution is -0.122. The van der Waals surface area contributed by atoms with Gasteiger partial charge in [0, 0.05) is 11.3 Å². The van der Waals surface area contributed by atoms with Crippen molar-refractivity contribution < 1.29 is 19.1 Å². The van der Waals surface area contributed by atoms with Gasteiger partial charge in [0.15, 0.2) is 6.61 Å². The molecule has 2 rings (SSSR count). The monoisotopic (exact) mass is 369 g/mol. The fourth-order valence-electron chi connectivity index (χ4n) is 2.48. The normalized spacial score (nSPS) is 10.9. The predicted octanol–water partition coefficient (Wildman–Crippen LogP) is 1.87. The first kappa shape index (κ1) is 20.0. The molecule has 0 fully saturated rings. The van der Waals surface area contributed by atoms with Crippen LogP contribution in [0.5, 0.6) is 5.75 Å². The number of amides is 3. The van der Waals surface area contributed by atoms with Gasteiger partial charge in [-0.3, -0.25) is 14.4 Å². The van der Waals surface area contributed by atoms with E-state index in [1.807, 2.05) is 19.1 Å². The molecule has 0 unspecified atom stereocenters. The lowest BCUT2D eigenvalue weighted by atomic mass is 9.82. The smallest absolute Gasteiger partial charge is 0.262 e. The number of hydrogen-bond acceptors (Lipinski definition) is 4.